The van der Waals surface area contributed by atoms with Gasteiger partial charge < -0.3 is 4.90 Å². The lowest BCUT2D eigenvalue weighted by atomic mass is 10.1. The highest BCUT2D eigenvalue weighted by atomic mass is 19.4. The molecule has 0 radical (unpaired) electrons. The molecule has 4 rings (SSSR count). The van der Waals surface area contributed by atoms with Gasteiger partial charge in [0.2, 0.25) is 0 Å². The summed E-state index contributed by atoms with van der Waals surface area (Å²) < 4.78 is 52.2. The van der Waals surface area contributed by atoms with E-state index in [4.69, 9.17) is 0 Å². The second-order valence-electron chi connectivity index (χ2n) is 7.16. The maximum Gasteiger partial charge on any atom is 0.417 e. The zero-order valence-corrected chi connectivity index (χ0v) is 15.7. The van der Waals surface area contributed by atoms with E-state index in [0.29, 0.717) is 32.0 Å². The van der Waals surface area contributed by atoms with Crippen LogP contribution in [0.25, 0.3) is 10.9 Å². The summed E-state index contributed by atoms with van der Waals surface area (Å²) in [6.07, 6.45) is -0.973. The number of hydrogen-bond acceptors (Lipinski definition) is 4. The van der Waals surface area contributed by atoms with Gasteiger partial charge in [0.25, 0.3) is 0 Å². The first-order valence-electron chi connectivity index (χ1n) is 9.44. The van der Waals surface area contributed by atoms with Crippen LogP contribution in [-0.2, 0) is 12.7 Å². The van der Waals surface area contributed by atoms with Crippen molar-refractivity contribution in [2.75, 3.05) is 31.1 Å². The highest BCUT2D eigenvalue weighted by molar-refractivity contribution is 5.81. The van der Waals surface area contributed by atoms with Gasteiger partial charge in [0.05, 0.1) is 11.1 Å². The van der Waals surface area contributed by atoms with Crippen LogP contribution >= 0.6 is 0 Å². The summed E-state index contributed by atoms with van der Waals surface area (Å²) in [5.74, 6) is 0.253. The van der Waals surface area contributed by atoms with Crippen molar-refractivity contribution < 1.29 is 17.6 Å². The van der Waals surface area contributed by atoms with E-state index in [-0.39, 0.29) is 5.82 Å². The number of halogens is 4. The third-order valence-electron chi connectivity index (χ3n) is 5.13. The molecule has 0 atom stereocenters. The smallest absolute Gasteiger partial charge is 0.355 e. The standard InChI is InChI=1S/C21H20F4N4/c22-18-11-15-3-1-6-26-20(15)16(12-18)14-28-7-2-8-29(10-9-28)19-5-4-17(13-27-19)21(23,24)25/h1,3-6,11-13H,2,7-10,14H2. The Morgan fingerprint density at radius 3 is 2.59 bits per heavy atom. The second kappa shape index (κ2) is 7.94. The Morgan fingerprint density at radius 2 is 1.83 bits per heavy atom. The Bertz CT molecular complexity index is 988. The first-order valence-corrected chi connectivity index (χ1v) is 9.44. The summed E-state index contributed by atoms with van der Waals surface area (Å²) in [7, 11) is 0. The van der Waals surface area contributed by atoms with Gasteiger partial charge in [0.15, 0.2) is 0 Å². The molecule has 4 nitrogen and oxygen atoms in total. The van der Waals surface area contributed by atoms with Gasteiger partial charge in [-0.1, -0.05) is 6.07 Å². The third kappa shape index (κ3) is 4.48. The van der Waals surface area contributed by atoms with Crippen molar-refractivity contribution >= 4 is 16.7 Å². The number of nitrogens with zero attached hydrogens (tertiary/aromatic N) is 4. The van der Waals surface area contributed by atoms with Crippen LogP contribution in [0.15, 0.2) is 48.8 Å². The first-order chi connectivity index (χ1) is 13.9. The molecule has 1 saturated heterocycles. The van der Waals surface area contributed by atoms with Crippen molar-refractivity contribution in [1.29, 1.82) is 0 Å². The van der Waals surface area contributed by atoms with Crippen molar-refractivity contribution in [3.8, 4) is 0 Å². The largest absolute Gasteiger partial charge is 0.417 e. The Morgan fingerprint density at radius 1 is 0.966 bits per heavy atom. The minimum atomic E-state index is -4.39. The molecule has 0 saturated carbocycles. The second-order valence-corrected chi connectivity index (χ2v) is 7.16. The molecule has 8 heteroatoms. The van der Waals surface area contributed by atoms with Crippen LogP contribution in [0.4, 0.5) is 23.4 Å². The van der Waals surface area contributed by atoms with Gasteiger partial charge >= 0.3 is 6.18 Å². The van der Waals surface area contributed by atoms with Crippen LogP contribution in [-0.4, -0.2) is 41.0 Å². The Balaban J connectivity index is 1.46. The molecule has 29 heavy (non-hydrogen) atoms. The van der Waals surface area contributed by atoms with Gasteiger partial charge in [-0.3, -0.25) is 9.88 Å². The monoisotopic (exact) mass is 404 g/mol. The lowest BCUT2D eigenvalue weighted by Gasteiger charge is -2.23. The van der Waals surface area contributed by atoms with Crippen LogP contribution in [0.1, 0.15) is 17.5 Å². The lowest BCUT2D eigenvalue weighted by Crippen LogP contribution is -2.31. The number of rotatable bonds is 3. The van der Waals surface area contributed by atoms with E-state index in [9.17, 15) is 17.6 Å². The van der Waals surface area contributed by atoms with Crippen molar-refractivity contribution in [3.63, 3.8) is 0 Å². The quantitative estimate of drug-likeness (QED) is 0.602. The Kier molecular flexibility index (Phi) is 5.36. The fraction of sp³-hybridized carbons (Fsp3) is 0.333. The van der Waals surface area contributed by atoms with Crippen LogP contribution < -0.4 is 4.90 Å². The van der Waals surface area contributed by atoms with E-state index in [0.717, 1.165) is 41.7 Å². The molecule has 152 valence electrons. The maximum absolute atomic E-state index is 14.0. The highest BCUT2D eigenvalue weighted by Crippen LogP contribution is 2.29. The minimum absolute atomic E-state index is 0.286. The van der Waals surface area contributed by atoms with Gasteiger partial charge in [-0.2, -0.15) is 13.2 Å². The minimum Gasteiger partial charge on any atom is -0.355 e. The topological polar surface area (TPSA) is 32.3 Å². The van der Waals surface area contributed by atoms with E-state index in [1.807, 2.05) is 11.0 Å². The van der Waals surface area contributed by atoms with Gasteiger partial charge in [-0.15, -0.1) is 0 Å². The molecule has 3 aromatic rings. The molecule has 1 aliphatic heterocycles. The van der Waals surface area contributed by atoms with Crippen molar-refractivity contribution in [2.45, 2.75) is 19.1 Å². The summed E-state index contributed by atoms with van der Waals surface area (Å²) in [5.41, 5.74) is 0.879. The molecule has 2 aromatic heterocycles. The van der Waals surface area contributed by atoms with Gasteiger partial charge in [0.1, 0.15) is 11.6 Å². The zero-order chi connectivity index (χ0) is 20.4. The number of anilines is 1. The van der Waals surface area contributed by atoms with Crippen molar-refractivity contribution in [2.24, 2.45) is 0 Å². The van der Waals surface area contributed by atoms with Crippen LogP contribution in [0, 0.1) is 5.82 Å². The molecule has 0 unspecified atom stereocenters. The summed E-state index contributed by atoms with van der Waals surface area (Å²) in [6.45, 7) is 3.42. The molecule has 1 aliphatic rings. The van der Waals surface area contributed by atoms with Crippen LogP contribution in [0.2, 0.25) is 0 Å². The number of fused-ring (bicyclic) bond motifs is 1. The van der Waals surface area contributed by atoms with E-state index in [2.05, 4.69) is 14.9 Å². The summed E-state index contributed by atoms with van der Waals surface area (Å²) in [6, 6.07) is 9.11. The van der Waals surface area contributed by atoms with Crippen molar-refractivity contribution in [1.82, 2.24) is 14.9 Å². The number of hydrogen-bond donors (Lipinski definition) is 0. The number of benzene rings is 1. The van der Waals surface area contributed by atoms with E-state index >= 15 is 0 Å². The molecule has 0 N–H and O–H groups in total. The van der Waals surface area contributed by atoms with Crippen molar-refractivity contribution in [3.05, 3.63) is 65.7 Å². The Hall–Kier alpha value is -2.74. The molecular weight excluding hydrogens is 384 g/mol. The highest BCUT2D eigenvalue weighted by Gasteiger charge is 2.31. The molecule has 0 spiro atoms. The summed E-state index contributed by atoms with van der Waals surface area (Å²) in [5, 5.41) is 0.771. The normalized spacial score (nSPS) is 16.2. The van der Waals surface area contributed by atoms with Crippen LogP contribution in [0.3, 0.4) is 0 Å². The number of pyridine rings is 2. The summed E-state index contributed by atoms with van der Waals surface area (Å²) >= 11 is 0. The van der Waals surface area contributed by atoms with Crippen LogP contribution in [0.5, 0.6) is 0 Å². The van der Waals surface area contributed by atoms with Gasteiger partial charge in [-0.25, -0.2) is 9.37 Å². The number of alkyl halides is 3. The van der Waals surface area contributed by atoms with E-state index in [1.54, 1.807) is 12.3 Å². The average Bonchev–Trinajstić information content (AvgIpc) is 2.93. The maximum atomic E-state index is 14.0. The van der Waals surface area contributed by atoms with E-state index < -0.39 is 11.7 Å². The number of aromatic nitrogens is 2. The molecule has 0 bridgehead atoms. The summed E-state index contributed by atoms with van der Waals surface area (Å²) in [4.78, 5) is 12.6. The predicted molar refractivity (Wildman–Crippen MR) is 103 cm³/mol. The zero-order valence-electron chi connectivity index (χ0n) is 15.7. The predicted octanol–water partition coefficient (Wildman–Crippen LogP) is 4.50. The molecule has 0 aliphatic carbocycles. The van der Waals surface area contributed by atoms with Gasteiger partial charge in [0, 0.05) is 50.5 Å². The van der Waals surface area contributed by atoms with Gasteiger partial charge in [-0.05, 0) is 42.3 Å². The molecular formula is C21H20F4N4. The van der Waals surface area contributed by atoms with E-state index in [1.165, 1.54) is 18.2 Å². The first kappa shape index (κ1) is 19.6. The fourth-order valence-corrected chi connectivity index (χ4v) is 3.69. The lowest BCUT2D eigenvalue weighted by molar-refractivity contribution is -0.137. The molecule has 3 heterocycles. The molecule has 1 fully saturated rings. The Labute approximate surface area is 165 Å². The molecule has 0 amide bonds. The SMILES string of the molecule is Fc1cc(CN2CCCN(c3ccc(C(F)(F)F)cn3)CC2)c2ncccc2c1. The third-order valence-corrected chi connectivity index (χ3v) is 5.13. The molecule has 1 aromatic carbocycles. The average molecular weight is 404 g/mol. The fourth-order valence-electron chi connectivity index (χ4n) is 3.69.